The van der Waals surface area contributed by atoms with Crippen molar-refractivity contribution >= 4 is 33.2 Å². The second kappa shape index (κ2) is 8.85. The van der Waals surface area contributed by atoms with Gasteiger partial charge in [-0.1, -0.05) is 0 Å². The van der Waals surface area contributed by atoms with E-state index in [0.717, 1.165) is 36.7 Å². The summed E-state index contributed by atoms with van der Waals surface area (Å²) in [4.78, 5) is 26.5. The van der Waals surface area contributed by atoms with Gasteiger partial charge in [0.25, 0.3) is 5.91 Å². The van der Waals surface area contributed by atoms with Crippen molar-refractivity contribution in [3.8, 4) is 0 Å². The highest BCUT2D eigenvalue weighted by atomic mass is 32.2. The zero-order valence-electron chi connectivity index (χ0n) is 17.1. The van der Waals surface area contributed by atoms with Crippen molar-refractivity contribution < 1.29 is 18.0 Å². The van der Waals surface area contributed by atoms with Crippen LogP contribution in [-0.2, 0) is 10.0 Å². The maximum atomic E-state index is 13.1. The first kappa shape index (κ1) is 21.8. The number of piperidine rings is 1. The van der Waals surface area contributed by atoms with E-state index >= 15 is 0 Å². The Bertz CT molecular complexity index is 1040. The number of nitrogens with two attached hydrogens (primary N) is 1. The van der Waals surface area contributed by atoms with Crippen molar-refractivity contribution in [3.63, 3.8) is 0 Å². The number of amides is 2. The monoisotopic (exact) mass is 430 g/mol. The quantitative estimate of drug-likeness (QED) is 0.730. The van der Waals surface area contributed by atoms with Crippen molar-refractivity contribution in [2.24, 2.45) is 5.73 Å². The molecule has 3 rings (SSSR count). The van der Waals surface area contributed by atoms with E-state index in [9.17, 15) is 18.0 Å². The third-order valence-corrected chi connectivity index (χ3v) is 6.93. The Morgan fingerprint density at radius 3 is 2.20 bits per heavy atom. The second-order valence-corrected chi connectivity index (χ2v) is 9.56. The van der Waals surface area contributed by atoms with Crippen molar-refractivity contribution in [2.45, 2.75) is 24.2 Å². The maximum absolute atomic E-state index is 13.1. The summed E-state index contributed by atoms with van der Waals surface area (Å²) in [5.41, 5.74) is 7.06. The predicted molar refractivity (Wildman–Crippen MR) is 116 cm³/mol. The van der Waals surface area contributed by atoms with E-state index in [-0.39, 0.29) is 4.90 Å². The van der Waals surface area contributed by atoms with Gasteiger partial charge in [0.2, 0.25) is 15.9 Å². The SMILES string of the molecule is CN(C)S(=O)(=O)c1ccc(N2CCCCC2)c(C(=O)Nc2ccc(C(N)=O)cc2)c1. The van der Waals surface area contributed by atoms with Crippen LogP contribution in [0.2, 0.25) is 0 Å². The van der Waals surface area contributed by atoms with E-state index in [1.54, 1.807) is 18.2 Å². The maximum Gasteiger partial charge on any atom is 0.257 e. The minimum atomic E-state index is -3.68. The first-order valence-electron chi connectivity index (χ1n) is 9.73. The molecule has 8 nitrogen and oxygen atoms in total. The summed E-state index contributed by atoms with van der Waals surface area (Å²) >= 11 is 0. The molecule has 30 heavy (non-hydrogen) atoms. The lowest BCUT2D eigenvalue weighted by Gasteiger charge is -2.30. The Labute approximate surface area is 176 Å². The largest absolute Gasteiger partial charge is 0.371 e. The average molecular weight is 431 g/mol. The summed E-state index contributed by atoms with van der Waals surface area (Å²) in [6, 6.07) is 10.9. The third-order valence-electron chi connectivity index (χ3n) is 5.12. The lowest BCUT2D eigenvalue weighted by atomic mass is 10.1. The fraction of sp³-hybridized carbons (Fsp3) is 0.333. The molecule has 2 aromatic carbocycles. The molecule has 0 aliphatic carbocycles. The van der Waals surface area contributed by atoms with Gasteiger partial charge in [-0.15, -0.1) is 0 Å². The standard InChI is InChI=1S/C21H26N4O4S/c1-24(2)30(28,29)17-10-11-19(25-12-4-3-5-13-25)18(14-17)21(27)23-16-8-6-15(7-9-16)20(22)26/h6-11,14H,3-5,12-13H2,1-2H3,(H2,22,26)(H,23,27). The highest BCUT2D eigenvalue weighted by Crippen LogP contribution is 2.28. The molecule has 2 amide bonds. The fourth-order valence-electron chi connectivity index (χ4n) is 3.40. The van der Waals surface area contributed by atoms with Crippen LogP contribution in [0.25, 0.3) is 0 Å². The summed E-state index contributed by atoms with van der Waals surface area (Å²) in [7, 11) is -0.780. The van der Waals surface area contributed by atoms with Crippen molar-refractivity contribution in [1.29, 1.82) is 0 Å². The van der Waals surface area contributed by atoms with Crippen LogP contribution in [-0.4, -0.2) is 51.7 Å². The van der Waals surface area contributed by atoms with Crippen LogP contribution >= 0.6 is 0 Å². The van der Waals surface area contributed by atoms with Gasteiger partial charge in [-0.2, -0.15) is 0 Å². The fourth-order valence-corrected chi connectivity index (χ4v) is 4.32. The molecule has 0 atom stereocenters. The van der Waals surface area contributed by atoms with E-state index in [1.165, 1.54) is 38.4 Å². The molecule has 0 spiro atoms. The molecule has 0 saturated carbocycles. The zero-order valence-corrected chi connectivity index (χ0v) is 17.9. The van der Waals surface area contributed by atoms with E-state index in [4.69, 9.17) is 5.73 Å². The Morgan fingerprint density at radius 2 is 1.63 bits per heavy atom. The van der Waals surface area contributed by atoms with Crippen LogP contribution in [0.1, 0.15) is 40.0 Å². The van der Waals surface area contributed by atoms with Gasteiger partial charge in [-0.25, -0.2) is 12.7 Å². The van der Waals surface area contributed by atoms with Crippen LogP contribution in [0.4, 0.5) is 11.4 Å². The van der Waals surface area contributed by atoms with E-state index in [0.29, 0.717) is 22.5 Å². The molecule has 1 saturated heterocycles. The minimum Gasteiger partial charge on any atom is -0.371 e. The molecule has 2 aromatic rings. The number of carbonyl (C=O) groups is 2. The lowest BCUT2D eigenvalue weighted by Crippen LogP contribution is -2.32. The van der Waals surface area contributed by atoms with Crippen LogP contribution in [0.15, 0.2) is 47.4 Å². The lowest BCUT2D eigenvalue weighted by molar-refractivity contribution is 0.0998. The van der Waals surface area contributed by atoms with Gasteiger partial charge in [0.05, 0.1) is 10.5 Å². The van der Waals surface area contributed by atoms with Gasteiger partial charge in [0.15, 0.2) is 0 Å². The molecule has 1 aliphatic heterocycles. The number of primary amides is 1. The predicted octanol–water partition coefficient (Wildman–Crippen LogP) is 2.28. The van der Waals surface area contributed by atoms with E-state index < -0.39 is 21.8 Å². The van der Waals surface area contributed by atoms with Gasteiger partial charge in [-0.05, 0) is 61.7 Å². The number of hydrogen-bond acceptors (Lipinski definition) is 5. The molecule has 1 aliphatic rings. The third kappa shape index (κ3) is 4.63. The Morgan fingerprint density at radius 1 is 1.00 bits per heavy atom. The number of sulfonamides is 1. The molecule has 1 heterocycles. The highest BCUT2D eigenvalue weighted by molar-refractivity contribution is 7.89. The molecule has 1 fully saturated rings. The smallest absolute Gasteiger partial charge is 0.257 e. The summed E-state index contributed by atoms with van der Waals surface area (Å²) in [5.74, 6) is -0.972. The number of rotatable bonds is 6. The van der Waals surface area contributed by atoms with Gasteiger partial charge < -0.3 is 16.0 Å². The van der Waals surface area contributed by atoms with Crippen molar-refractivity contribution in [1.82, 2.24) is 4.31 Å². The molecule has 0 aromatic heterocycles. The van der Waals surface area contributed by atoms with Crippen molar-refractivity contribution in [2.75, 3.05) is 37.4 Å². The summed E-state index contributed by atoms with van der Waals surface area (Å²) < 4.78 is 26.3. The first-order valence-corrected chi connectivity index (χ1v) is 11.2. The second-order valence-electron chi connectivity index (χ2n) is 7.41. The molecule has 9 heteroatoms. The number of nitrogens with zero attached hydrogens (tertiary/aromatic N) is 2. The highest BCUT2D eigenvalue weighted by Gasteiger charge is 2.24. The Hall–Kier alpha value is -2.91. The average Bonchev–Trinajstić information content (AvgIpc) is 2.74. The summed E-state index contributed by atoms with van der Waals surface area (Å²) in [6.45, 7) is 1.63. The zero-order chi connectivity index (χ0) is 21.9. The number of benzene rings is 2. The normalized spacial score (nSPS) is 14.6. The molecule has 0 unspecified atom stereocenters. The molecule has 0 bridgehead atoms. The number of nitrogens with one attached hydrogen (secondary N) is 1. The molecule has 0 radical (unpaired) electrons. The van der Waals surface area contributed by atoms with Gasteiger partial charge in [0.1, 0.15) is 0 Å². The first-order chi connectivity index (χ1) is 14.2. The number of anilines is 2. The van der Waals surface area contributed by atoms with Crippen LogP contribution in [0, 0.1) is 0 Å². The summed E-state index contributed by atoms with van der Waals surface area (Å²) in [5, 5.41) is 2.79. The van der Waals surface area contributed by atoms with Crippen molar-refractivity contribution in [3.05, 3.63) is 53.6 Å². The van der Waals surface area contributed by atoms with E-state index in [2.05, 4.69) is 10.2 Å². The molecular formula is C21H26N4O4S. The summed E-state index contributed by atoms with van der Waals surface area (Å²) in [6.07, 6.45) is 3.18. The number of hydrogen-bond donors (Lipinski definition) is 2. The van der Waals surface area contributed by atoms with Crippen LogP contribution in [0.3, 0.4) is 0 Å². The van der Waals surface area contributed by atoms with Crippen LogP contribution < -0.4 is 16.0 Å². The minimum absolute atomic E-state index is 0.0579. The van der Waals surface area contributed by atoms with Crippen LogP contribution in [0.5, 0.6) is 0 Å². The van der Waals surface area contributed by atoms with E-state index in [1.807, 2.05) is 0 Å². The Balaban J connectivity index is 1.97. The number of carbonyl (C=O) groups excluding carboxylic acids is 2. The van der Waals surface area contributed by atoms with Gasteiger partial charge in [-0.3, -0.25) is 9.59 Å². The van der Waals surface area contributed by atoms with Gasteiger partial charge >= 0.3 is 0 Å². The van der Waals surface area contributed by atoms with Gasteiger partial charge in [0, 0.05) is 44.1 Å². The molecule has 3 N–H and O–H groups in total. The topological polar surface area (TPSA) is 113 Å². The Kier molecular flexibility index (Phi) is 6.42. The molecule has 160 valence electrons. The molecular weight excluding hydrogens is 404 g/mol.